The van der Waals surface area contributed by atoms with E-state index in [0.717, 1.165) is 46.7 Å². The zero-order valence-electron chi connectivity index (χ0n) is 16.2. The summed E-state index contributed by atoms with van der Waals surface area (Å²) in [5, 5.41) is 8.50. The van der Waals surface area contributed by atoms with E-state index in [0.29, 0.717) is 17.4 Å². The van der Waals surface area contributed by atoms with Crippen LogP contribution in [0.4, 0.5) is 5.82 Å². The van der Waals surface area contributed by atoms with Crippen LogP contribution in [-0.2, 0) is 4.79 Å². The van der Waals surface area contributed by atoms with Gasteiger partial charge in [0.2, 0.25) is 5.91 Å². The zero-order valence-corrected chi connectivity index (χ0v) is 18.6. The molecular formula is C21H23BrClN5O. The molecule has 1 aliphatic carbocycles. The van der Waals surface area contributed by atoms with Crippen LogP contribution < -0.4 is 5.32 Å². The molecule has 1 aromatic carbocycles. The minimum Gasteiger partial charge on any atom is -0.370 e. The summed E-state index contributed by atoms with van der Waals surface area (Å²) in [6.45, 7) is 1.45. The number of aromatic nitrogens is 3. The first-order valence-corrected chi connectivity index (χ1v) is 11.0. The Kier molecular flexibility index (Phi) is 6.06. The van der Waals surface area contributed by atoms with Crippen LogP contribution in [0.25, 0.3) is 16.9 Å². The monoisotopic (exact) mass is 475 g/mol. The molecule has 0 spiro atoms. The van der Waals surface area contributed by atoms with Crippen molar-refractivity contribution >= 4 is 44.9 Å². The molecule has 4 rings (SSSR count). The average molecular weight is 477 g/mol. The second-order valence-corrected chi connectivity index (χ2v) is 8.74. The van der Waals surface area contributed by atoms with E-state index in [4.69, 9.17) is 16.6 Å². The Labute approximate surface area is 183 Å². The summed E-state index contributed by atoms with van der Waals surface area (Å²) in [5.74, 6) is 1.70. The van der Waals surface area contributed by atoms with Crippen LogP contribution in [0.3, 0.4) is 0 Å². The molecule has 2 aromatic heterocycles. The second kappa shape index (κ2) is 8.71. The van der Waals surface area contributed by atoms with Gasteiger partial charge in [-0.3, -0.25) is 4.79 Å². The molecule has 0 radical (unpaired) electrons. The number of benzene rings is 1. The Hall–Kier alpha value is -2.12. The molecule has 152 valence electrons. The van der Waals surface area contributed by atoms with Gasteiger partial charge in [-0.25, -0.2) is 4.98 Å². The molecule has 1 aliphatic rings. The fourth-order valence-corrected chi connectivity index (χ4v) is 3.83. The minimum absolute atomic E-state index is 0.246. The van der Waals surface area contributed by atoms with E-state index < -0.39 is 0 Å². The number of anilines is 1. The Morgan fingerprint density at radius 3 is 2.93 bits per heavy atom. The summed E-state index contributed by atoms with van der Waals surface area (Å²) in [7, 11) is 1.88. The molecule has 1 fully saturated rings. The minimum atomic E-state index is 0.246. The van der Waals surface area contributed by atoms with Crippen molar-refractivity contribution in [2.75, 3.05) is 25.5 Å². The number of halogens is 2. The first-order chi connectivity index (χ1) is 14.0. The van der Waals surface area contributed by atoms with Gasteiger partial charge in [0, 0.05) is 43.2 Å². The summed E-state index contributed by atoms with van der Waals surface area (Å²) >= 11 is 9.89. The Morgan fingerprint density at radius 1 is 1.38 bits per heavy atom. The molecule has 1 N–H and O–H groups in total. The number of amides is 1. The van der Waals surface area contributed by atoms with Gasteiger partial charge in [-0.15, -0.1) is 0 Å². The molecule has 0 aliphatic heterocycles. The predicted molar refractivity (Wildman–Crippen MR) is 119 cm³/mol. The highest BCUT2D eigenvalue weighted by atomic mass is 79.9. The van der Waals surface area contributed by atoms with Crippen LogP contribution >= 0.6 is 27.5 Å². The normalized spacial score (nSPS) is 13.6. The van der Waals surface area contributed by atoms with Crippen molar-refractivity contribution in [2.45, 2.75) is 25.7 Å². The number of hydrogen-bond donors (Lipinski definition) is 1. The van der Waals surface area contributed by atoms with Crippen molar-refractivity contribution in [3.8, 4) is 11.3 Å². The molecule has 2 heterocycles. The molecule has 3 aromatic rings. The van der Waals surface area contributed by atoms with Crippen molar-refractivity contribution < 1.29 is 4.79 Å². The standard InChI is InChI=1S/C21H23BrClN5O/c1-27(20(29)11-14-7-8-14)10-4-9-24-19-12-18(15-5-2-3-6-17(15)23)26-21-16(22)13-25-28(19)21/h2-3,5-6,12-14,24H,4,7-11H2,1H3. The number of nitrogens with one attached hydrogen (secondary N) is 1. The quantitative estimate of drug-likeness (QED) is 0.471. The summed E-state index contributed by atoms with van der Waals surface area (Å²) in [6.07, 6.45) is 5.67. The maximum Gasteiger partial charge on any atom is 0.222 e. The predicted octanol–water partition coefficient (Wildman–Crippen LogP) is 4.87. The lowest BCUT2D eigenvalue weighted by atomic mass is 10.1. The van der Waals surface area contributed by atoms with E-state index in [1.165, 1.54) is 12.8 Å². The molecule has 29 heavy (non-hydrogen) atoms. The van der Waals surface area contributed by atoms with Crippen LogP contribution in [0.5, 0.6) is 0 Å². The maximum atomic E-state index is 12.1. The van der Waals surface area contributed by atoms with Crippen molar-refractivity contribution in [1.82, 2.24) is 19.5 Å². The highest BCUT2D eigenvalue weighted by molar-refractivity contribution is 9.10. The first-order valence-electron chi connectivity index (χ1n) is 9.80. The maximum absolute atomic E-state index is 12.1. The van der Waals surface area contributed by atoms with Crippen molar-refractivity contribution in [1.29, 1.82) is 0 Å². The van der Waals surface area contributed by atoms with Gasteiger partial charge < -0.3 is 10.2 Å². The van der Waals surface area contributed by atoms with Crippen molar-refractivity contribution in [3.63, 3.8) is 0 Å². The lowest BCUT2D eigenvalue weighted by Crippen LogP contribution is -2.29. The number of hydrogen-bond acceptors (Lipinski definition) is 4. The fourth-order valence-electron chi connectivity index (χ4n) is 3.25. The van der Waals surface area contributed by atoms with E-state index in [-0.39, 0.29) is 5.91 Å². The summed E-state index contributed by atoms with van der Waals surface area (Å²) in [5.41, 5.74) is 2.38. The number of carbonyl (C=O) groups is 1. The van der Waals surface area contributed by atoms with Gasteiger partial charge in [0.15, 0.2) is 5.65 Å². The van der Waals surface area contributed by atoms with E-state index >= 15 is 0 Å². The molecule has 1 saturated carbocycles. The second-order valence-electron chi connectivity index (χ2n) is 7.48. The van der Waals surface area contributed by atoms with Crippen LogP contribution in [0.1, 0.15) is 25.7 Å². The van der Waals surface area contributed by atoms with E-state index in [9.17, 15) is 4.79 Å². The average Bonchev–Trinajstić information content (AvgIpc) is 3.45. The lowest BCUT2D eigenvalue weighted by molar-refractivity contribution is -0.130. The number of carbonyl (C=O) groups excluding carboxylic acids is 1. The third-order valence-corrected chi connectivity index (χ3v) is 6.03. The van der Waals surface area contributed by atoms with Crippen molar-refractivity contribution in [2.24, 2.45) is 5.92 Å². The Balaban J connectivity index is 1.46. The van der Waals surface area contributed by atoms with Crippen LogP contribution in [0.15, 0.2) is 41.0 Å². The molecule has 0 saturated heterocycles. The molecular weight excluding hydrogens is 454 g/mol. The van der Waals surface area contributed by atoms with Crippen LogP contribution in [0.2, 0.25) is 5.02 Å². The molecule has 6 nitrogen and oxygen atoms in total. The first kappa shape index (κ1) is 20.2. The van der Waals surface area contributed by atoms with Gasteiger partial charge in [-0.05, 0) is 47.2 Å². The number of rotatable bonds is 8. The van der Waals surface area contributed by atoms with E-state index in [2.05, 4.69) is 26.3 Å². The molecule has 0 bridgehead atoms. The van der Waals surface area contributed by atoms with E-state index in [1.54, 1.807) is 10.7 Å². The van der Waals surface area contributed by atoms with Gasteiger partial charge >= 0.3 is 0 Å². The highest BCUT2D eigenvalue weighted by Gasteiger charge is 2.25. The molecule has 8 heteroatoms. The topological polar surface area (TPSA) is 62.5 Å². The SMILES string of the molecule is CN(CCCNc1cc(-c2ccccc2Cl)nc2c(Br)cnn12)C(=O)CC1CC1. The fraction of sp³-hybridized carbons (Fsp3) is 0.381. The van der Waals surface area contributed by atoms with Crippen molar-refractivity contribution in [3.05, 3.63) is 46.0 Å². The van der Waals surface area contributed by atoms with Gasteiger partial charge in [0.05, 0.1) is 16.4 Å². The highest BCUT2D eigenvalue weighted by Crippen LogP contribution is 2.33. The molecule has 0 atom stereocenters. The largest absolute Gasteiger partial charge is 0.370 e. The number of nitrogens with zero attached hydrogens (tertiary/aromatic N) is 4. The molecule has 0 unspecified atom stereocenters. The third-order valence-electron chi connectivity index (χ3n) is 5.14. The zero-order chi connectivity index (χ0) is 20.4. The lowest BCUT2D eigenvalue weighted by Gasteiger charge is -2.17. The van der Waals surface area contributed by atoms with Crippen LogP contribution in [-0.4, -0.2) is 45.5 Å². The van der Waals surface area contributed by atoms with Gasteiger partial charge in [0.25, 0.3) is 0 Å². The summed E-state index contributed by atoms with van der Waals surface area (Å²) in [4.78, 5) is 18.7. The van der Waals surface area contributed by atoms with Crippen LogP contribution in [0, 0.1) is 5.92 Å². The Morgan fingerprint density at radius 2 is 2.17 bits per heavy atom. The summed E-state index contributed by atoms with van der Waals surface area (Å²) < 4.78 is 2.59. The van der Waals surface area contributed by atoms with Gasteiger partial charge in [0.1, 0.15) is 5.82 Å². The third kappa shape index (κ3) is 4.73. The van der Waals surface area contributed by atoms with Gasteiger partial charge in [-0.1, -0.05) is 29.8 Å². The number of fused-ring (bicyclic) bond motifs is 1. The van der Waals surface area contributed by atoms with E-state index in [1.807, 2.05) is 42.3 Å². The smallest absolute Gasteiger partial charge is 0.222 e. The summed E-state index contributed by atoms with van der Waals surface area (Å²) in [6, 6.07) is 9.61. The molecule has 1 amide bonds. The van der Waals surface area contributed by atoms with Gasteiger partial charge in [-0.2, -0.15) is 9.61 Å². The Bertz CT molecular complexity index is 1030.